The first-order valence-electron chi connectivity index (χ1n) is 7.15. The third kappa shape index (κ3) is 4.25. The number of Topliss-reactive ketones (excluding diaryl/α,β-unsaturated/α-hetero) is 1. The van der Waals surface area contributed by atoms with Gasteiger partial charge in [0, 0.05) is 17.2 Å². The molecule has 23 heavy (non-hydrogen) atoms. The molecular weight excluding hydrogens is 300 g/mol. The molecule has 0 saturated carbocycles. The molecular formula is C17H22O6. The first-order chi connectivity index (χ1) is 10.7. The number of hydrogen-bond acceptors (Lipinski definition) is 5. The van der Waals surface area contributed by atoms with E-state index in [0.29, 0.717) is 17.5 Å². The van der Waals surface area contributed by atoms with Crippen molar-refractivity contribution >= 4 is 17.3 Å². The fourth-order valence-corrected chi connectivity index (χ4v) is 2.38. The minimum Gasteiger partial charge on any atom is -0.502 e. The maximum Gasteiger partial charge on any atom is 0.329 e. The van der Waals surface area contributed by atoms with E-state index in [0.717, 1.165) is 6.08 Å². The van der Waals surface area contributed by atoms with E-state index in [1.165, 1.54) is 27.2 Å². The maximum atomic E-state index is 11.9. The van der Waals surface area contributed by atoms with Crippen LogP contribution in [0.2, 0.25) is 0 Å². The zero-order chi connectivity index (χ0) is 17.7. The number of ketones is 1. The van der Waals surface area contributed by atoms with Crippen LogP contribution < -0.4 is 9.47 Å². The Balaban J connectivity index is 3.79. The molecule has 0 saturated heterocycles. The third-order valence-corrected chi connectivity index (χ3v) is 3.30. The standard InChI is InChI=1S/C17H22O6/c1-9(2)6-13-12(11(10(3)18)8-15(19)20)7-14(22-4)16(21)17(13)23-5/h7-9,21H,6H2,1-5H3,(H,19,20). The van der Waals surface area contributed by atoms with Crippen molar-refractivity contribution in [1.82, 2.24) is 0 Å². The molecule has 0 bridgehead atoms. The maximum absolute atomic E-state index is 11.9. The van der Waals surface area contributed by atoms with Gasteiger partial charge in [0.15, 0.2) is 17.3 Å². The van der Waals surface area contributed by atoms with E-state index >= 15 is 0 Å². The monoisotopic (exact) mass is 322 g/mol. The van der Waals surface area contributed by atoms with Gasteiger partial charge in [0.25, 0.3) is 0 Å². The Morgan fingerprint density at radius 2 is 1.87 bits per heavy atom. The van der Waals surface area contributed by atoms with Gasteiger partial charge in [-0.3, -0.25) is 4.79 Å². The molecule has 6 heteroatoms. The Bertz CT molecular complexity index is 643. The van der Waals surface area contributed by atoms with E-state index in [4.69, 9.17) is 14.6 Å². The van der Waals surface area contributed by atoms with Crippen molar-refractivity contribution in [3.05, 3.63) is 23.3 Å². The minimum absolute atomic E-state index is 0.0322. The van der Waals surface area contributed by atoms with Crippen LogP contribution in [-0.4, -0.2) is 36.2 Å². The molecule has 1 aromatic carbocycles. The zero-order valence-electron chi connectivity index (χ0n) is 14.0. The van der Waals surface area contributed by atoms with E-state index in [-0.39, 0.29) is 28.7 Å². The molecule has 2 N–H and O–H groups in total. The lowest BCUT2D eigenvalue weighted by atomic mass is 9.90. The summed E-state index contributed by atoms with van der Waals surface area (Å²) in [5, 5.41) is 19.3. The van der Waals surface area contributed by atoms with Gasteiger partial charge in [-0.2, -0.15) is 0 Å². The Hall–Kier alpha value is -2.50. The Morgan fingerprint density at radius 1 is 1.26 bits per heavy atom. The quantitative estimate of drug-likeness (QED) is 0.750. The van der Waals surface area contributed by atoms with Crippen molar-refractivity contribution in [1.29, 1.82) is 0 Å². The highest BCUT2D eigenvalue weighted by Gasteiger charge is 2.24. The molecule has 0 unspecified atom stereocenters. The molecule has 0 aliphatic heterocycles. The van der Waals surface area contributed by atoms with Crippen LogP contribution >= 0.6 is 0 Å². The molecule has 0 spiro atoms. The van der Waals surface area contributed by atoms with Crippen LogP contribution in [0.1, 0.15) is 31.9 Å². The van der Waals surface area contributed by atoms with Crippen molar-refractivity contribution in [2.75, 3.05) is 14.2 Å². The van der Waals surface area contributed by atoms with Gasteiger partial charge in [-0.1, -0.05) is 13.8 Å². The number of aliphatic carboxylic acids is 1. The smallest absolute Gasteiger partial charge is 0.329 e. The molecule has 0 aliphatic carbocycles. The number of aromatic hydroxyl groups is 1. The number of hydrogen-bond donors (Lipinski definition) is 2. The molecule has 0 aliphatic rings. The van der Waals surface area contributed by atoms with Gasteiger partial charge in [0.1, 0.15) is 0 Å². The van der Waals surface area contributed by atoms with Crippen molar-refractivity contribution in [3.63, 3.8) is 0 Å². The van der Waals surface area contributed by atoms with Gasteiger partial charge in [-0.05, 0) is 30.9 Å². The predicted octanol–water partition coefficient (Wildman–Crippen LogP) is 2.66. The van der Waals surface area contributed by atoms with Crippen LogP contribution in [0.5, 0.6) is 17.2 Å². The number of benzene rings is 1. The Morgan fingerprint density at radius 3 is 2.26 bits per heavy atom. The van der Waals surface area contributed by atoms with Crippen LogP contribution in [-0.2, 0) is 16.0 Å². The second-order valence-electron chi connectivity index (χ2n) is 5.54. The number of carboxylic acids is 1. The summed E-state index contributed by atoms with van der Waals surface area (Å²) in [6.07, 6.45) is 1.36. The molecule has 1 aromatic rings. The second-order valence-corrected chi connectivity index (χ2v) is 5.54. The second kappa shape index (κ2) is 7.67. The number of carbonyl (C=O) groups excluding carboxylic acids is 1. The fourth-order valence-electron chi connectivity index (χ4n) is 2.38. The summed E-state index contributed by atoms with van der Waals surface area (Å²) < 4.78 is 10.4. The van der Waals surface area contributed by atoms with Gasteiger partial charge in [-0.15, -0.1) is 0 Å². The largest absolute Gasteiger partial charge is 0.502 e. The predicted molar refractivity (Wildman–Crippen MR) is 86.0 cm³/mol. The number of ether oxygens (including phenoxy) is 2. The minimum atomic E-state index is -1.23. The number of allylic oxidation sites excluding steroid dienone is 1. The van der Waals surface area contributed by atoms with Gasteiger partial charge in [0.05, 0.1) is 14.2 Å². The molecule has 0 aromatic heterocycles. The first kappa shape index (κ1) is 18.5. The van der Waals surface area contributed by atoms with Gasteiger partial charge < -0.3 is 19.7 Å². The Kier molecular flexibility index (Phi) is 6.18. The lowest BCUT2D eigenvalue weighted by molar-refractivity contribution is -0.131. The molecule has 0 radical (unpaired) electrons. The lowest BCUT2D eigenvalue weighted by Crippen LogP contribution is -2.08. The number of carbonyl (C=O) groups is 2. The molecule has 0 atom stereocenters. The van der Waals surface area contributed by atoms with Gasteiger partial charge in [0.2, 0.25) is 5.75 Å². The molecule has 0 fully saturated rings. The molecule has 1 rings (SSSR count). The molecule has 126 valence electrons. The van der Waals surface area contributed by atoms with Gasteiger partial charge in [-0.25, -0.2) is 4.79 Å². The number of phenols is 1. The van der Waals surface area contributed by atoms with Crippen LogP contribution in [0.3, 0.4) is 0 Å². The summed E-state index contributed by atoms with van der Waals surface area (Å²) in [7, 11) is 2.77. The molecule has 0 amide bonds. The summed E-state index contributed by atoms with van der Waals surface area (Å²) in [5.41, 5.74) is 0.994. The number of phenolic OH excluding ortho intramolecular Hbond substituents is 1. The average molecular weight is 322 g/mol. The summed E-state index contributed by atoms with van der Waals surface area (Å²) in [4.78, 5) is 23.0. The van der Waals surface area contributed by atoms with Crippen molar-refractivity contribution < 1.29 is 29.3 Å². The number of rotatable bonds is 7. The highest BCUT2D eigenvalue weighted by molar-refractivity contribution is 6.23. The van der Waals surface area contributed by atoms with Crippen LogP contribution in [0, 0.1) is 5.92 Å². The van der Waals surface area contributed by atoms with Crippen LogP contribution in [0.25, 0.3) is 5.57 Å². The van der Waals surface area contributed by atoms with E-state index in [1.54, 1.807) is 0 Å². The van der Waals surface area contributed by atoms with E-state index in [9.17, 15) is 14.7 Å². The SMILES string of the molecule is COc1cc(C(=CC(=O)O)C(C)=O)c(CC(C)C)c(OC)c1O. The first-order valence-corrected chi connectivity index (χ1v) is 7.15. The number of carboxylic acid groups (broad SMARTS) is 1. The van der Waals surface area contributed by atoms with Crippen molar-refractivity contribution in [2.24, 2.45) is 5.92 Å². The summed E-state index contributed by atoms with van der Waals surface area (Å²) in [6, 6.07) is 1.46. The number of methoxy groups -OCH3 is 2. The molecule has 0 heterocycles. The fraction of sp³-hybridized carbons (Fsp3) is 0.412. The topological polar surface area (TPSA) is 93.1 Å². The molecule has 6 nitrogen and oxygen atoms in total. The van der Waals surface area contributed by atoms with Crippen LogP contribution in [0.4, 0.5) is 0 Å². The summed E-state index contributed by atoms with van der Waals surface area (Å²) in [5.74, 6) is -1.29. The zero-order valence-corrected chi connectivity index (χ0v) is 14.0. The van der Waals surface area contributed by atoms with E-state index in [1.807, 2.05) is 13.8 Å². The van der Waals surface area contributed by atoms with E-state index in [2.05, 4.69) is 0 Å². The highest BCUT2D eigenvalue weighted by atomic mass is 16.5. The van der Waals surface area contributed by atoms with Crippen LogP contribution in [0.15, 0.2) is 12.1 Å². The average Bonchev–Trinajstić information content (AvgIpc) is 2.45. The van der Waals surface area contributed by atoms with E-state index < -0.39 is 11.8 Å². The Labute approximate surface area is 135 Å². The lowest BCUT2D eigenvalue weighted by Gasteiger charge is -2.19. The normalized spacial score (nSPS) is 11.5. The summed E-state index contributed by atoms with van der Waals surface area (Å²) in [6.45, 7) is 5.23. The highest BCUT2D eigenvalue weighted by Crippen LogP contribution is 2.44. The van der Waals surface area contributed by atoms with Crippen molar-refractivity contribution in [3.8, 4) is 17.2 Å². The third-order valence-electron chi connectivity index (χ3n) is 3.30. The van der Waals surface area contributed by atoms with Gasteiger partial charge >= 0.3 is 5.97 Å². The van der Waals surface area contributed by atoms with Crippen molar-refractivity contribution in [2.45, 2.75) is 27.2 Å². The summed E-state index contributed by atoms with van der Waals surface area (Å²) >= 11 is 0.